The Morgan fingerprint density at radius 3 is 2.18 bits per heavy atom. The van der Waals surface area contributed by atoms with E-state index in [1.807, 2.05) is 36.4 Å². The monoisotopic (exact) mass is 368 g/mol. The fourth-order valence-corrected chi connectivity index (χ4v) is 3.90. The predicted molar refractivity (Wildman–Crippen MR) is 113 cm³/mol. The number of hydrogen-bond acceptors (Lipinski definition) is 3. The average molecular weight is 368 g/mol. The minimum absolute atomic E-state index is 0.0712. The van der Waals surface area contributed by atoms with Gasteiger partial charge in [-0.3, -0.25) is 10.1 Å². The van der Waals surface area contributed by atoms with E-state index in [4.69, 9.17) is 4.98 Å². The molecule has 4 nitrogen and oxygen atoms in total. The summed E-state index contributed by atoms with van der Waals surface area (Å²) in [5.74, 6) is 0. The first-order valence-corrected chi connectivity index (χ1v) is 9.17. The van der Waals surface area contributed by atoms with Gasteiger partial charge in [-0.15, -0.1) is 0 Å². The molecule has 0 saturated carbocycles. The van der Waals surface area contributed by atoms with Crippen molar-refractivity contribution in [1.82, 2.24) is 4.98 Å². The Hall–Kier alpha value is -3.53. The molecule has 0 saturated heterocycles. The van der Waals surface area contributed by atoms with Crippen molar-refractivity contribution in [2.24, 2.45) is 0 Å². The summed E-state index contributed by atoms with van der Waals surface area (Å²) in [6, 6.07) is 21.2. The zero-order valence-electron chi connectivity index (χ0n) is 16.1. The van der Waals surface area contributed by atoms with Crippen molar-refractivity contribution in [3.8, 4) is 22.4 Å². The molecule has 0 aliphatic heterocycles. The minimum atomic E-state index is -0.365. The van der Waals surface area contributed by atoms with Crippen molar-refractivity contribution in [1.29, 1.82) is 0 Å². The largest absolute Gasteiger partial charge is 0.270 e. The third kappa shape index (κ3) is 3.14. The molecule has 0 spiro atoms. The number of non-ortho nitro benzene ring substituents is 1. The Morgan fingerprint density at radius 2 is 1.54 bits per heavy atom. The minimum Gasteiger partial charge on any atom is -0.258 e. The van der Waals surface area contributed by atoms with Gasteiger partial charge < -0.3 is 0 Å². The highest BCUT2D eigenvalue weighted by Crippen LogP contribution is 2.36. The van der Waals surface area contributed by atoms with E-state index >= 15 is 0 Å². The van der Waals surface area contributed by atoms with Crippen LogP contribution in [0, 0.1) is 30.9 Å². The number of nitro benzene ring substituents is 1. The highest BCUT2D eigenvalue weighted by atomic mass is 16.6. The quantitative estimate of drug-likeness (QED) is 0.310. The van der Waals surface area contributed by atoms with Crippen LogP contribution in [0.5, 0.6) is 0 Å². The number of nitro groups is 1. The van der Waals surface area contributed by atoms with Crippen molar-refractivity contribution in [3.05, 3.63) is 93.5 Å². The zero-order chi connectivity index (χ0) is 19.8. The van der Waals surface area contributed by atoms with Crippen LogP contribution in [-0.2, 0) is 0 Å². The molecular formula is C24H20N2O2. The Balaban J connectivity index is 2.06. The summed E-state index contributed by atoms with van der Waals surface area (Å²) in [7, 11) is 0. The van der Waals surface area contributed by atoms with Gasteiger partial charge >= 0.3 is 0 Å². The molecule has 0 bridgehead atoms. The van der Waals surface area contributed by atoms with Crippen LogP contribution in [0.25, 0.3) is 33.3 Å². The fraction of sp³-hybridized carbons (Fsp3) is 0.125. The van der Waals surface area contributed by atoms with Crippen LogP contribution in [0.4, 0.5) is 5.69 Å². The SMILES string of the molecule is Cc1cc(C)c(-c2cc(-c3ccccc3)c3cc([N+](=O)[O-])ccc3n2)c(C)c1. The van der Waals surface area contributed by atoms with Gasteiger partial charge in [-0.2, -0.15) is 0 Å². The molecular weight excluding hydrogens is 348 g/mol. The highest BCUT2D eigenvalue weighted by Gasteiger charge is 2.16. The van der Waals surface area contributed by atoms with Crippen LogP contribution in [0.15, 0.2) is 66.7 Å². The standard InChI is InChI=1S/C24H20N2O2/c1-15-11-16(2)24(17(3)12-15)23-14-20(18-7-5-4-6-8-18)21-13-19(26(27)28)9-10-22(21)25-23/h4-14H,1-3H3. The molecule has 4 aromatic rings. The Bertz CT molecular complexity index is 1190. The molecule has 1 aromatic heterocycles. The molecule has 0 N–H and O–H groups in total. The third-order valence-corrected chi connectivity index (χ3v) is 5.02. The maximum absolute atomic E-state index is 11.3. The predicted octanol–water partition coefficient (Wildman–Crippen LogP) is 6.40. The van der Waals surface area contributed by atoms with Crippen LogP contribution in [0.3, 0.4) is 0 Å². The van der Waals surface area contributed by atoms with E-state index in [0.29, 0.717) is 0 Å². The molecule has 0 amide bonds. The van der Waals surface area contributed by atoms with Crippen LogP contribution >= 0.6 is 0 Å². The lowest BCUT2D eigenvalue weighted by molar-refractivity contribution is -0.384. The number of hydrogen-bond donors (Lipinski definition) is 0. The normalized spacial score (nSPS) is 11.0. The zero-order valence-corrected chi connectivity index (χ0v) is 16.1. The van der Waals surface area contributed by atoms with Gasteiger partial charge in [-0.1, -0.05) is 48.0 Å². The van der Waals surface area contributed by atoms with E-state index in [1.54, 1.807) is 12.1 Å². The summed E-state index contributed by atoms with van der Waals surface area (Å²) >= 11 is 0. The van der Waals surface area contributed by atoms with Crippen molar-refractivity contribution < 1.29 is 4.92 Å². The van der Waals surface area contributed by atoms with Crippen LogP contribution in [0.1, 0.15) is 16.7 Å². The number of fused-ring (bicyclic) bond motifs is 1. The molecule has 0 aliphatic carbocycles. The lowest BCUT2D eigenvalue weighted by Crippen LogP contribution is -1.96. The Kier molecular flexibility index (Phi) is 4.40. The van der Waals surface area contributed by atoms with Gasteiger partial charge in [-0.25, -0.2) is 4.98 Å². The number of aromatic nitrogens is 1. The van der Waals surface area contributed by atoms with Gasteiger partial charge in [0.1, 0.15) is 0 Å². The second-order valence-corrected chi connectivity index (χ2v) is 7.15. The van der Waals surface area contributed by atoms with Crippen molar-refractivity contribution >= 4 is 16.6 Å². The lowest BCUT2D eigenvalue weighted by Gasteiger charge is -2.14. The molecule has 1 heterocycles. The van der Waals surface area contributed by atoms with E-state index in [0.717, 1.165) is 33.3 Å². The maximum Gasteiger partial charge on any atom is 0.270 e. The number of rotatable bonds is 3. The highest BCUT2D eigenvalue weighted by molar-refractivity contribution is 5.98. The van der Waals surface area contributed by atoms with Gasteiger partial charge in [0.15, 0.2) is 0 Å². The van der Waals surface area contributed by atoms with Crippen LogP contribution in [0.2, 0.25) is 0 Å². The second kappa shape index (κ2) is 6.89. The molecule has 0 atom stereocenters. The molecule has 0 fully saturated rings. The summed E-state index contributed by atoms with van der Waals surface area (Å²) in [4.78, 5) is 15.8. The lowest BCUT2D eigenvalue weighted by atomic mass is 9.93. The van der Waals surface area contributed by atoms with Crippen LogP contribution in [-0.4, -0.2) is 9.91 Å². The molecule has 0 aliphatic rings. The average Bonchev–Trinajstić information content (AvgIpc) is 2.67. The molecule has 28 heavy (non-hydrogen) atoms. The van der Waals surface area contributed by atoms with Crippen molar-refractivity contribution in [2.45, 2.75) is 20.8 Å². The van der Waals surface area contributed by atoms with E-state index < -0.39 is 0 Å². The summed E-state index contributed by atoms with van der Waals surface area (Å²) < 4.78 is 0. The van der Waals surface area contributed by atoms with Crippen molar-refractivity contribution in [2.75, 3.05) is 0 Å². The molecule has 4 rings (SSSR count). The Morgan fingerprint density at radius 1 is 0.857 bits per heavy atom. The summed E-state index contributed by atoms with van der Waals surface area (Å²) in [6.07, 6.45) is 0. The first kappa shape index (κ1) is 17.9. The van der Waals surface area contributed by atoms with E-state index in [1.165, 1.54) is 22.8 Å². The smallest absolute Gasteiger partial charge is 0.258 e. The topological polar surface area (TPSA) is 56.0 Å². The number of aryl methyl sites for hydroxylation is 3. The number of pyridine rings is 1. The third-order valence-electron chi connectivity index (χ3n) is 5.02. The first-order valence-electron chi connectivity index (χ1n) is 9.17. The van der Waals surface area contributed by atoms with Crippen molar-refractivity contribution in [3.63, 3.8) is 0 Å². The molecule has 4 heteroatoms. The molecule has 3 aromatic carbocycles. The number of nitrogens with zero attached hydrogens (tertiary/aromatic N) is 2. The Labute approximate surface area is 163 Å². The molecule has 138 valence electrons. The van der Waals surface area contributed by atoms with Crippen LogP contribution < -0.4 is 0 Å². The van der Waals surface area contributed by atoms with Gasteiger partial charge in [-0.05, 0) is 55.2 Å². The second-order valence-electron chi connectivity index (χ2n) is 7.15. The van der Waals surface area contributed by atoms with E-state index in [2.05, 4.69) is 32.9 Å². The van der Waals surface area contributed by atoms with E-state index in [9.17, 15) is 10.1 Å². The number of benzene rings is 3. The first-order chi connectivity index (χ1) is 13.4. The molecule has 0 unspecified atom stereocenters. The van der Waals surface area contributed by atoms with Gasteiger partial charge in [0.25, 0.3) is 5.69 Å². The molecule has 0 radical (unpaired) electrons. The van der Waals surface area contributed by atoms with Gasteiger partial charge in [0, 0.05) is 23.1 Å². The maximum atomic E-state index is 11.3. The van der Waals surface area contributed by atoms with Gasteiger partial charge in [0.05, 0.1) is 16.1 Å². The van der Waals surface area contributed by atoms with Gasteiger partial charge in [0.2, 0.25) is 0 Å². The summed E-state index contributed by atoms with van der Waals surface area (Å²) in [5, 5.41) is 12.1. The summed E-state index contributed by atoms with van der Waals surface area (Å²) in [5.41, 5.74) is 8.35. The summed E-state index contributed by atoms with van der Waals surface area (Å²) in [6.45, 7) is 6.28. The fourth-order valence-electron chi connectivity index (χ4n) is 3.90. The van der Waals surface area contributed by atoms with E-state index in [-0.39, 0.29) is 10.6 Å².